The van der Waals surface area contributed by atoms with Crippen molar-refractivity contribution in [3.05, 3.63) is 90.1 Å². The van der Waals surface area contributed by atoms with Gasteiger partial charge in [0.25, 0.3) is 0 Å². The number of benzene rings is 2. The van der Waals surface area contributed by atoms with Crippen LogP contribution < -0.4 is 0 Å². The van der Waals surface area contributed by atoms with Crippen LogP contribution in [-0.2, 0) is 41.6 Å². The van der Waals surface area contributed by atoms with Crippen LogP contribution in [0.2, 0.25) is 0 Å². The first kappa shape index (κ1) is 32.1. The number of carbonyl (C=O) groups is 2. The smallest absolute Gasteiger partial charge is 0.303 e. The molecule has 9 nitrogen and oxygen atoms in total. The van der Waals surface area contributed by atoms with Crippen molar-refractivity contribution in [2.75, 3.05) is 26.3 Å². The number of pyridine rings is 1. The van der Waals surface area contributed by atoms with E-state index in [2.05, 4.69) is 64.7 Å². The van der Waals surface area contributed by atoms with Crippen LogP contribution in [0.4, 0.5) is 0 Å². The third kappa shape index (κ3) is 9.09. The van der Waals surface area contributed by atoms with E-state index in [0.717, 1.165) is 55.0 Å². The Morgan fingerprint density at radius 2 is 1.71 bits per heavy atom. The van der Waals surface area contributed by atoms with Crippen LogP contribution in [0.3, 0.4) is 0 Å². The molecule has 9 heteroatoms. The molecule has 3 aromatic rings. The molecule has 0 spiro atoms. The molecule has 0 bridgehead atoms. The van der Waals surface area contributed by atoms with Gasteiger partial charge in [0, 0.05) is 69.6 Å². The second-order valence-electron chi connectivity index (χ2n) is 11.4. The highest BCUT2D eigenvalue weighted by Gasteiger charge is 2.30. The maximum Gasteiger partial charge on any atom is 0.303 e. The molecule has 2 aromatic carbocycles. The Labute approximate surface area is 264 Å². The molecule has 2 aliphatic heterocycles. The lowest BCUT2D eigenvalue weighted by Crippen LogP contribution is -2.41. The lowest BCUT2D eigenvalue weighted by molar-refractivity contribution is -0.164. The summed E-state index contributed by atoms with van der Waals surface area (Å²) in [5.74, 6) is -0.841. The van der Waals surface area contributed by atoms with Crippen molar-refractivity contribution in [3.63, 3.8) is 0 Å². The minimum atomic E-state index is -0.604. The van der Waals surface area contributed by atoms with Crippen molar-refractivity contribution in [1.29, 1.82) is 0 Å². The van der Waals surface area contributed by atoms with Crippen LogP contribution in [0, 0.1) is 0 Å². The maximum absolute atomic E-state index is 11.4. The molecule has 236 valence electrons. The Morgan fingerprint density at radius 3 is 2.42 bits per heavy atom. The van der Waals surface area contributed by atoms with E-state index in [1.807, 2.05) is 25.1 Å². The monoisotopic (exact) mass is 611 g/mol. The van der Waals surface area contributed by atoms with Gasteiger partial charge < -0.3 is 19.0 Å². The summed E-state index contributed by atoms with van der Waals surface area (Å²) in [6.07, 6.45) is 4.43. The average molecular weight is 612 g/mol. The fourth-order valence-electron chi connectivity index (χ4n) is 5.57. The molecule has 3 heterocycles. The summed E-state index contributed by atoms with van der Waals surface area (Å²) in [7, 11) is 0. The lowest BCUT2D eigenvalue weighted by Gasteiger charge is -2.31. The number of esters is 2. The first-order valence-electron chi connectivity index (χ1n) is 15.5. The summed E-state index contributed by atoms with van der Waals surface area (Å²) in [5.41, 5.74) is 7.86. The van der Waals surface area contributed by atoms with Crippen molar-refractivity contribution in [2.24, 2.45) is 5.16 Å². The summed E-state index contributed by atoms with van der Waals surface area (Å²) < 4.78 is 16.4. The highest BCUT2D eigenvalue weighted by molar-refractivity contribution is 5.82. The summed E-state index contributed by atoms with van der Waals surface area (Å²) in [6.45, 7) is 7.68. The number of fused-ring (bicyclic) bond motifs is 1. The SMILES string of the molecule is CC(=O)OC[C@H]1O[C@H](CCON=C(C)CCN2CCc3nc(-c4ccccc4)c(-c4ccccc4)cc3C2)C=C[C@@H]1OC(C)=O. The predicted molar refractivity (Wildman–Crippen MR) is 172 cm³/mol. The molecule has 0 aliphatic carbocycles. The fraction of sp³-hybridized carbons (Fsp3) is 0.389. The van der Waals surface area contributed by atoms with Gasteiger partial charge in [0.2, 0.25) is 0 Å². The van der Waals surface area contributed by atoms with E-state index in [4.69, 9.17) is 24.0 Å². The van der Waals surface area contributed by atoms with Crippen molar-refractivity contribution >= 4 is 17.7 Å². The van der Waals surface area contributed by atoms with Crippen molar-refractivity contribution in [2.45, 2.75) is 64.9 Å². The van der Waals surface area contributed by atoms with Crippen LogP contribution in [0.25, 0.3) is 22.4 Å². The molecule has 5 rings (SSSR count). The molecule has 45 heavy (non-hydrogen) atoms. The van der Waals surface area contributed by atoms with Crippen LogP contribution in [0.15, 0.2) is 84.0 Å². The van der Waals surface area contributed by atoms with Gasteiger partial charge >= 0.3 is 11.9 Å². The second-order valence-corrected chi connectivity index (χ2v) is 11.4. The van der Waals surface area contributed by atoms with Gasteiger partial charge in [-0.3, -0.25) is 19.5 Å². The molecule has 0 unspecified atom stereocenters. The first-order chi connectivity index (χ1) is 21.9. The molecule has 0 fully saturated rings. The van der Waals surface area contributed by atoms with Gasteiger partial charge in [-0.05, 0) is 30.2 Å². The van der Waals surface area contributed by atoms with Crippen LogP contribution in [0.5, 0.6) is 0 Å². The maximum atomic E-state index is 11.4. The Morgan fingerprint density at radius 1 is 0.978 bits per heavy atom. The van der Waals surface area contributed by atoms with E-state index in [-0.39, 0.29) is 12.7 Å². The Kier molecular flexibility index (Phi) is 11.1. The van der Waals surface area contributed by atoms with Gasteiger partial charge in [0.15, 0.2) is 0 Å². The number of oxime groups is 1. The van der Waals surface area contributed by atoms with Crippen LogP contribution in [0.1, 0.15) is 44.9 Å². The standard InChI is InChI=1S/C36H41N3O6/c1-25(38-43-21-18-31-14-15-34(44-27(3)41)35(45-31)24-42-26(2)40)16-19-39-20-17-33-30(23-39)22-32(28-10-6-4-7-11-28)36(37-33)29-12-8-5-9-13-29/h4-15,22,31,34-35H,16-21,23-24H2,1-3H3/t31-,34-,35+/m0/s1. The zero-order valence-corrected chi connectivity index (χ0v) is 26.2. The number of ether oxygens (including phenoxy) is 3. The number of rotatable bonds is 12. The van der Waals surface area contributed by atoms with Crippen molar-refractivity contribution in [3.8, 4) is 22.4 Å². The average Bonchev–Trinajstić information content (AvgIpc) is 3.05. The molecule has 0 amide bonds. The number of hydrogen-bond donors (Lipinski definition) is 0. The molecule has 0 saturated carbocycles. The Balaban J connectivity index is 1.13. The quantitative estimate of drug-likeness (QED) is 0.0838. The van der Waals surface area contributed by atoms with Gasteiger partial charge in [-0.15, -0.1) is 0 Å². The van der Waals surface area contributed by atoms with Gasteiger partial charge in [-0.2, -0.15) is 0 Å². The van der Waals surface area contributed by atoms with Crippen molar-refractivity contribution < 1.29 is 28.6 Å². The Hall–Kier alpha value is -4.34. The summed E-state index contributed by atoms with van der Waals surface area (Å²) in [5, 5.41) is 4.33. The topological polar surface area (TPSA) is 99.6 Å². The summed E-state index contributed by atoms with van der Waals surface area (Å²) in [4.78, 5) is 35.9. The second kappa shape index (κ2) is 15.6. The van der Waals surface area contributed by atoms with E-state index in [9.17, 15) is 9.59 Å². The minimum Gasteiger partial charge on any atom is -0.463 e. The van der Waals surface area contributed by atoms with Gasteiger partial charge in [-0.25, -0.2) is 0 Å². The summed E-state index contributed by atoms with van der Waals surface area (Å²) in [6, 6.07) is 23.2. The zero-order valence-electron chi connectivity index (χ0n) is 26.2. The van der Waals surface area contributed by atoms with E-state index in [1.165, 1.54) is 30.7 Å². The van der Waals surface area contributed by atoms with Crippen LogP contribution >= 0.6 is 0 Å². The van der Waals surface area contributed by atoms with E-state index in [1.54, 1.807) is 6.08 Å². The largest absolute Gasteiger partial charge is 0.463 e. The third-order valence-corrected chi connectivity index (χ3v) is 7.87. The molecule has 0 radical (unpaired) electrons. The van der Waals surface area contributed by atoms with Crippen molar-refractivity contribution in [1.82, 2.24) is 9.88 Å². The van der Waals surface area contributed by atoms with Gasteiger partial charge in [0.1, 0.15) is 25.4 Å². The molecule has 0 saturated heterocycles. The van der Waals surface area contributed by atoms with Gasteiger partial charge in [-0.1, -0.05) is 71.9 Å². The molecule has 1 aromatic heterocycles. The van der Waals surface area contributed by atoms with E-state index < -0.39 is 24.1 Å². The lowest BCUT2D eigenvalue weighted by atomic mass is 9.94. The highest BCUT2D eigenvalue weighted by Crippen LogP contribution is 2.34. The third-order valence-electron chi connectivity index (χ3n) is 7.87. The van der Waals surface area contributed by atoms with Crippen LogP contribution in [-0.4, -0.2) is 72.1 Å². The number of carbonyl (C=O) groups excluding carboxylic acids is 2. The molecule has 3 atom stereocenters. The molecular weight excluding hydrogens is 570 g/mol. The highest BCUT2D eigenvalue weighted by atomic mass is 16.6. The number of nitrogens with zero attached hydrogens (tertiary/aromatic N) is 3. The molecule has 2 aliphatic rings. The fourth-order valence-corrected chi connectivity index (χ4v) is 5.57. The minimum absolute atomic E-state index is 0.00499. The normalized spacial score (nSPS) is 19.9. The number of aromatic nitrogens is 1. The zero-order chi connectivity index (χ0) is 31.6. The Bertz CT molecular complexity index is 1510. The summed E-state index contributed by atoms with van der Waals surface area (Å²) >= 11 is 0. The first-order valence-corrected chi connectivity index (χ1v) is 15.5. The number of hydrogen-bond acceptors (Lipinski definition) is 9. The molecule has 0 N–H and O–H groups in total. The van der Waals surface area contributed by atoms with E-state index in [0.29, 0.717) is 13.0 Å². The molecular formula is C36H41N3O6. The van der Waals surface area contributed by atoms with Gasteiger partial charge in [0.05, 0.1) is 17.5 Å². The predicted octanol–water partition coefficient (Wildman–Crippen LogP) is 5.76. The van der Waals surface area contributed by atoms with E-state index >= 15 is 0 Å².